The SMILES string of the molecule is CCc1cc2c(cc1F)C1CC(C1)n1c-2nc(CC)c1C. The molecule has 0 saturated heterocycles. The number of aryl methyl sites for hydroxylation is 2. The van der Waals surface area contributed by atoms with Gasteiger partial charge < -0.3 is 4.57 Å². The first-order chi connectivity index (χ1) is 10.1. The van der Waals surface area contributed by atoms with Gasteiger partial charge >= 0.3 is 0 Å². The fourth-order valence-corrected chi connectivity index (χ4v) is 4.02. The molecule has 0 amide bonds. The predicted molar refractivity (Wildman–Crippen MR) is 82.1 cm³/mol. The van der Waals surface area contributed by atoms with E-state index in [0.717, 1.165) is 37.1 Å². The van der Waals surface area contributed by atoms with Crippen LogP contribution in [-0.4, -0.2) is 9.55 Å². The van der Waals surface area contributed by atoms with Crippen LogP contribution >= 0.6 is 0 Å². The van der Waals surface area contributed by atoms with Gasteiger partial charge in [-0.05, 0) is 61.8 Å². The minimum absolute atomic E-state index is 0.0489. The van der Waals surface area contributed by atoms with Gasteiger partial charge in [0.05, 0.1) is 5.69 Å². The Bertz CT molecular complexity index is 723. The highest BCUT2D eigenvalue weighted by atomic mass is 19.1. The molecule has 3 aliphatic rings. The molecule has 0 radical (unpaired) electrons. The van der Waals surface area contributed by atoms with Crippen LogP contribution < -0.4 is 0 Å². The summed E-state index contributed by atoms with van der Waals surface area (Å²) in [5.41, 5.74) is 5.63. The number of hydrogen-bond acceptors (Lipinski definition) is 1. The first-order valence-electron chi connectivity index (χ1n) is 8.04. The predicted octanol–water partition coefficient (Wildman–Crippen LogP) is 4.55. The molecule has 1 saturated carbocycles. The Kier molecular flexibility index (Phi) is 2.75. The molecule has 0 atom stereocenters. The smallest absolute Gasteiger partial charge is 0.141 e. The molecule has 110 valence electrons. The van der Waals surface area contributed by atoms with Gasteiger partial charge in [0.1, 0.15) is 11.6 Å². The number of halogens is 1. The average Bonchev–Trinajstić information content (AvgIpc) is 2.62. The van der Waals surface area contributed by atoms with Crippen molar-refractivity contribution < 1.29 is 4.39 Å². The largest absolute Gasteiger partial charge is 0.325 e. The van der Waals surface area contributed by atoms with Crippen molar-refractivity contribution in [2.45, 2.75) is 58.4 Å². The lowest BCUT2D eigenvalue weighted by molar-refractivity contribution is 0.270. The molecule has 2 bridgehead atoms. The molecule has 2 aliphatic heterocycles. The van der Waals surface area contributed by atoms with Crippen LogP contribution in [0.15, 0.2) is 12.1 Å². The molecule has 1 aliphatic carbocycles. The van der Waals surface area contributed by atoms with Crippen molar-refractivity contribution in [1.29, 1.82) is 0 Å². The Balaban J connectivity index is 2.02. The Morgan fingerprint density at radius 1 is 1.24 bits per heavy atom. The van der Waals surface area contributed by atoms with E-state index >= 15 is 0 Å². The Hall–Kier alpha value is -1.64. The van der Waals surface area contributed by atoms with E-state index in [2.05, 4.69) is 18.4 Å². The van der Waals surface area contributed by atoms with Crippen LogP contribution in [0.1, 0.15) is 61.2 Å². The van der Waals surface area contributed by atoms with E-state index in [0.29, 0.717) is 12.0 Å². The van der Waals surface area contributed by atoms with Gasteiger partial charge in [-0.2, -0.15) is 0 Å². The van der Waals surface area contributed by atoms with Crippen LogP contribution in [-0.2, 0) is 12.8 Å². The first-order valence-corrected chi connectivity index (χ1v) is 8.04. The number of benzene rings is 1. The van der Waals surface area contributed by atoms with E-state index in [4.69, 9.17) is 4.98 Å². The molecule has 0 unspecified atom stereocenters. The van der Waals surface area contributed by atoms with Crippen LogP contribution in [0.4, 0.5) is 4.39 Å². The van der Waals surface area contributed by atoms with Crippen LogP contribution in [0.5, 0.6) is 0 Å². The number of aromatic nitrogens is 2. The van der Waals surface area contributed by atoms with Gasteiger partial charge in [-0.3, -0.25) is 0 Å². The third-order valence-corrected chi connectivity index (χ3v) is 5.34. The molecule has 21 heavy (non-hydrogen) atoms. The summed E-state index contributed by atoms with van der Waals surface area (Å²) < 4.78 is 16.6. The summed E-state index contributed by atoms with van der Waals surface area (Å²) >= 11 is 0. The fraction of sp³-hybridized carbons (Fsp3) is 0.500. The summed E-state index contributed by atoms with van der Waals surface area (Å²) in [7, 11) is 0. The highest BCUT2D eigenvalue weighted by Crippen LogP contribution is 2.53. The lowest BCUT2D eigenvalue weighted by atomic mass is 9.75. The summed E-state index contributed by atoms with van der Waals surface area (Å²) in [6.45, 7) is 6.34. The molecule has 2 nitrogen and oxygen atoms in total. The third kappa shape index (κ3) is 1.66. The minimum Gasteiger partial charge on any atom is -0.325 e. The van der Waals surface area contributed by atoms with Crippen LogP contribution in [0.25, 0.3) is 11.4 Å². The monoisotopic (exact) mass is 284 g/mol. The number of imidazole rings is 1. The van der Waals surface area contributed by atoms with Gasteiger partial charge in [-0.1, -0.05) is 13.8 Å². The van der Waals surface area contributed by atoms with Gasteiger partial charge in [0, 0.05) is 17.3 Å². The van der Waals surface area contributed by atoms with Crippen molar-refractivity contribution >= 4 is 0 Å². The molecule has 1 aromatic heterocycles. The standard InChI is InChI=1S/C18H21FN2/c1-4-11-8-15-14(9-16(11)19)12-6-13(7-12)21-10(3)17(5-2)20-18(15)21/h8-9,12-13H,4-7H2,1-3H3. The quantitative estimate of drug-likeness (QED) is 0.790. The number of rotatable bonds is 2. The normalized spacial score (nSPS) is 22.3. The third-order valence-electron chi connectivity index (χ3n) is 5.34. The van der Waals surface area contributed by atoms with Crippen molar-refractivity contribution in [2.75, 3.05) is 0 Å². The Morgan fingerprint density at radius 3 is 2.67 bits per heavy atom. The summed E-state index contributed by atoms with van der Waals surface area (Å²) in [5, 5.41) is 0. The van der Waals surface area contributed by atoms with Crippen molar-refractivity contribution in [3.63, 3.8) is 0 Å². The average molecular weight is 284 g/mol. The second kappa shape index (κ2) is 4.43. The van der Waals surface area contributed by atoms with Crippen LogP contribution in [0.3, 0.4) is 0 Å². The second-order valence-corrected chi connectivity index (χ2v) is 6.40. The van der Waals surface area contributed by atoms with E-state index in [1.165, 1.54) is 22.5 Å². The van der Waals surface area contributed by atoms with E-state index in [9.17, 15) is 4.39 Å². The molecule has 5 rings (SSSR count). The van der Waals surface area contributed by atoms with E-state index in [1.54, 1.807) is 6.07 Å². The number of nitrogens with zero attached hydrogens (tertiary/aromatic N) is 2. The van der Waals surface area contributed by atoms with Gasteiger partial charge in [0.25, 0.3) is 0 Å². The van der Waals surface area contributed by atoms with Crippen LogP contribution in [0, 0.1) is 12.7 Å². The maximum Gasteiger partial charge on any atom is 0.141 e. The fourth-order valence-electron chi connectivity index (χ4n) is 4.02. The van der Waals surface area contributed by atoms with Crippen LogP contribution in [0.2, 0.25) is 0 Å². The minimum atomic E-state index is -0.0489. The summed E-state index contributed by atoms with van der Waals surface area (Å²) in [5.74, 6) is 1.53. The maximum absolute atomic E-state index is 14.2. The lowest BCUT2D eigenvalue weighted by Crippen LogP contribution is -2.23. The zero-order chi connectivity index (χ0) is 14.7. The van der Waals surface area contributed by atoms with Crippen molar-refractivity contribution in [3.8, 4) is 11.4 Å². The summed E-state index contributed by atoms with van der Waals surface area (Å²) in [4.78, 5) is 4.89. The highest BCUT2D eigenvalue weighted by Gasteiger charge is 2.40. The Morgan fingerprint density at radius 2 is 2.00 bits per heavy atom. The van der Waals surface area contributed by atoms with Gasteiger partial charge in [-0.15, -0.1) is 0 Å². The lowest BCUT2D eigenvalue weighted by Gasteiger charge is -2.35. The molecular formula is C18H21FN2. The molecule has 3 heteroatoms. The first kappa shape index (κ1) is 13.1. The molecule has 3 heterocycles. The molecule has 1 fully saturated rings. The summed E-state index contributed by atoms with van der Waals surface area (Å²) in [6, 6.07) is 4.38. The van der Waals surface area contributed by atoms with Gasteiger partial charge in [0.2, 0.25) is 0 Å². The van der Waals surface area contributed by atoms with Gasteiger partial charge in [-0.25, -0.2) is 9.37 Å². The zero-order valence-corrected chi connectivity index (χ0v) is 12.9. The second-order valence-electron chi connectivity index (χ2n) is 6.40. The van der Waals surface area contributed by atoms with Crippen molar-refractivity contribution in [1.82, 2.24) is 9.55 Å². The maximum atomic E-state index is 14.2. The molecule has 2 aromatic rings. The van der Waals surface area contributed by atoms with Gasteiger partial charge in [0.15, 0.2) is 0 Å². The molecule has 1 aromatic carbocycles. The molecule has 0 N–H and O–H groups in total. The van der Waals surface area contributed by atoms with E-state index in [1.807, 2.05) is 13.0 Å². The highest BCUT2D eigenvalue weighted by molar-refractivity contribution is 5.66. The van der Waals surface area contributed by atoms with E-state index < -0.39 is 0 Å². The Labute approximate surface area is 125 Å². The van der Waals surface area contributed by atoms with Crippen molar-refractivity contribution in [2.24, 2.45) is 0 Å². The van der Waals surface area contributed by atoms with E-state index in [-0.39, 0.29) is 5.82 Å². The summed E-state index contributed by atoms with van der Waals surface area (Å²) in [6.07, 6.45) is 3.95. The number of hydrogen-bond donors (Lipinski definition) is 0. The molecular weight excluding hydrogens is 263 g/mol. The van der Waals surface area contributed by atoms with Crippen molar-refractivity contribution in [3.05, 3.63) is 40.5 Å². The molecule has 0 spiro atoms. The zero-order valence-electron chi connectivity index (χ0n) is 12.9. The topological polar surface area (TPSA) is 17.8 Å².